The molecule has 0 radical (unpaired) electrons. The van der Waals surface area contributed by atoms with E-state index >= 15 is 0 Å². The molecule has 98 valence electrons. The van der Waals surface area contributed by atoms with Crippen LogP contribution in [-0.2, 0) is 7.05 Å². The summed E-state index contributed by atoms with van der Waals surface area (Å²) >= 11 is 0. The third-order valence-electron chi connectivity index (χ3n) is 4.05. The summed E-state index contributed by atoms with van der Waals surface area (Å²) in [6.07, 6.45) is 4.03. The first-order valence-corrected chi connectivity index (χ1v) is 6.54. The molecule has 5 nitrogen and oxygen atoms in total. The van der Waals surface area contributed by atoms with Gasteiger partial charge in [-0.25, -0.2) is 4.98 Å². The van der Waals surface area contributed by atoms with Crippen molar-refractivity contribution in [3.05, 3.63) is 17.8 Å². The lowest BCUT2D eigenvalue weighted by Gasteiger charge is -2.24. The molecule has 2 N–H and O–H groups in total. The number of pyridine rings is 1. The van der Waals surface area contributed by atoms with Crippen molar-refractivity contribution in [3.63, 3.8) is 0 Å². The quantitative estimate of drug-likeness (QED) is 0.846. The zero-order chi connectivity index (χ0) is 13.6. The van der Waals surface area contributed by atoms with Crippen molar-refractivity contribution in [1.29, 1.82) is 5.26 Å². The highest BCUT2D eigenvalue weighted by molar-refractivity contribution is 5.99. The summed E-state index contributed by atoms with van der Waals surface area (Å²) in [5.74, 6) is 1.41. The summed E-state index contributed by atoms with van der Waals surface area (Å²) in [5, 5.41) is 10.3. The summed E-state index contributed by atoms with van der Waals surface area (Å²) in [5.41, 5.74) is 7.57. The maximum Gasteiger partial charge on any atom is 0.134 e. The summed E-state index contributed by atoms with van der Waals surface area (Å²) in [4.78, 5) is 6.41. The molecule has 0 saturated carbocycles. The highest BCUT2D eigenvalue weighted by Gasteiger charge is 2.28. The number of aryl methyl sites for hydroxylation is 1. The second kappa shape index (κ2) is 4.16. The van der Waals surface area contributed by atoms with Gasteiger partial charge in [0.05, 0.1) is 10.9 Å². The molecule has 0 spiro atoms. The Hall–Kier alpha value is -2.22. The van der Waals surface area contributed by atoms with Gasteiger partial charge in [0.25, 0.3) is 0 Å². The van der Waals surface area contributed by atoms with E-state index in [1.54, 1.807) is 6.20 Å². The second-order valence-electron chi connectivity index (χ2n) is 5.14. The Kier molecular flexibility index (Phi) is 2.59. The molecule has 19 heavy (non-hydrogen) atoms. The van der Waals surface area contributed by atoms with Crippen LogP contribution < -0.4 is 10.6 Å². The number of anilines is 2. The molecule has 3 heterocycles. The predicted molar refractivity (Wildman–Crippen MR) is 75.9 cm³/mol. The SMILES string of the molecule is C[C@@H]1CCCN1c1c(C#N)c2c(N)nccc2n1C. The molecular weight excluding hydrogens is 238 g/mol. The number of nitriles is 1. The number of aromatic nitrogens is 2. The van der Waals surface area contributed by atoms with Crippen LogP contribution in [0.15, 0.2) is 12.3 Å². The van der Waals surface area contributed by atoms with Crippen molar-refractivity contribution in [3.8, 4) is 6.07 Å². The average molecular weight is 255 g/mol. The van der Waals surface area contributed by atoms with Crippen LogP contribution in [0.25, 0.3) is 10.9 Å². The maximum absolute atomic E-state index is 9.53. The van der Waals surface area contributed by atoms with Crippen molar-refractivity contribution in [1.82, 2.24) is 9.55 Å². The zero-order valence-corrected chi connectivity index (χ0v) is 11.2. The van der Waals surface area contributed by atoms with Gasteiger partial charge in [0.15, 0.2) is 0 Å². The second-order valence-corrected chi connectivity index (χ2v) is 5.14. The molecule has 1 aliphatic rings. The molecule has 0 aliphatic carbocycles. The van der Waals surface area contributed by atoms with Crippen LogP contribution in [0.2, 0.25) is 0 Å². The Morgan fingerprint density at radius 3 is 2.95 bits per heavy atom. The fourth-order valence-electron chi connectivity index (χ4n) is 3.09. The predicted octanol–water partition coefficient (Wildman–Crippen LogP) is 2.02. The maximum atomic E-state index is 9.53. The molecule has 1 fully saturated rings. The summed E-state index contributed by atoms with van der Waals surface area (Å²) < 4.78 is 2.06. The highest BCUT2D eigenvalue weighted by Crippen LogP contribution is 2.36. The van der Waals surface area contributed by atoms with E-state index in [1.165, 1.54) is 12.8 Å². The lowest BCUT2D eigenvalue weighted by Crippen LogP contribution is -2.28. The van der Waals surface area contributed by atoms with Gasteiger partial charge in [0, 0.05) is 25.8 Å². The molecule has 2 aromatic rings. The van der Waals surface area contributed by atoms with Crippen LogP contribution >= 0.6 is 0 Å². The molecule has 0 bridgehead atoms. The van der Waals surface area contributed by atoms with E-state index < -0.39 is 0 Å². The third kappa shape index (κ3) is 1.56. The lowest BCUT2D eigenvalue weighted by molar-refractivity contribution is 0.713. The van der Waals surface area contributed by atoms with E-state index in [-0.39, 0.29) is 0 Å². The van der Waals surface area contributed by atoms with Crippen LogP contribution in [0.3, 0.4) is 0 Å². The first-order valence-electron chi connectivity index (χ1n) is 6.54. The highest BCUT2D eigenvalue weighted by atomic mass is 15.3. The van der Waals surface area contributed by atoms with Crippen LogP contribution in [-0.4, -0.2) is 22.1 Å². The van der Waals surface area contributed by atoms with Crippen LogP contribution in [0, 0.1) is 11.3 Å². The largest absolute Gasteiger partial charge is 0.383 e. The fourth-order valence-corrected chi connectivity index (χ4v) is 3.09. The number of rotatable bonds is 1. The lowest BCUT2D eigenvalue weighted by atomic mass is 10.2. The van der Waals surface area contributed by atoms with Gasteiger partial charge in [-0.3, -0.25) is 0 Å². The molecule has 5 heteroatoms. The average Bonchev–Trinajstić information content (AvgIpc) is 2.92. The molecule has 1 aliphatic heterocycles. The van der Waals surface area contributed by atoms with E-state index in [9.17, 15) is 5.26 Å². The Labute approximate surface area is 112 Å². The molecular formula is C14H17N5. The van der Waals surface area contributed by atoms with Crippen molar-refractivity contribution >= 4 is 22.5 Å². The summed E-state index contributed by atoms with van der Waals surface area (Å²) in [6.45, 7) is 3.20. The molecule has 0 aromatic carbocycles. The molecule has 2 aromatic heterocycles. The number of hydrogen-bond donors (Lipinski definition) is 1. The topological polar surface area (TPSA) is 70.9 Å². The Morgan fingerprint density at radius 2 is 2.32 bits per heavy atom. The van der Waals surface area contributed by atoms with Gasteiger partial charge in [-0.2, -0.15) is 5.26 Å². The monoisotopic (exact) mass is 255 g/mol. The van der Waals surface area contributed by atoms with Crippen LogP contribution in [0.1, 0.15) is 25.3 Å². The van der Waals surface area contributed by atoms with Gasteiger partial charge in [-0.15, -0.1) is 0 Å². The van der Waals surface area contributed by atoms with Gasteiger partial charge in [0.2, 0.25) is 0 Å². The van der Waals surface area contributed by atoms with Crippen molar-refractivity contribution < 1.29 is 0 Å². The van der Waals surface area contributed by atoms with Crippen molar-refractivity contribution in [2.45, 2.75) is 25.8 Å². The Bertz CT molecular complexity index is 679. The standard InChI is InChI=1S/C14H17N5/c1-9-4-3-7-19(9)14-10(8-15)12-11(18(14)2)5-6-17-13(12)16/h5-6,9H,3-4,7H2,1-2H3,(H2,16,17)/t9-/m1/s1. The van der Waals surface area contributed by atoms with Gasteiger partial charge in [-0.05, 0) is 25.8 Å². The minimum Gasteiger partial charge on any atom is -0.383 e. The van der Waals surface area contributed by atoms with E-state index in [4.69, 9.17) is 5.73 Å². The van der Waals surface area contributed by atoms with Crippen molar-refractivity contribution in [2.75, 3.05) is 17.2 Å². The van der Waals surface area contributed by atoms with Gasteiger partial charge < -0.3 is 15.2 Å². The Balaban J connectivity index is 2.33. The van der Waals surface area contributed by atoms with Gasteiger partial charge in [-0.1, -0.05) is 0 Å². The van der Waals surface area contributed by atoms with Crippen molar-refractivity contribution in [2.24, 2.45) is 7.05 Å². The first kappa shape index (κ1) is 11.8. The van der Waals surface area contributed by atoms with E-state index in [0.29, 0.717) is 17.4 Å². The molecule has 1 saturated heterocycles. The first-order chi connectivity index (χ1) is 9.15. The fraction of sp³-hybridized carbons (Fsp3) is 0.429. The van der Waals surface area contributed by atoms with Crippen LogP contribution in [0.5, 0.6) is 0 Å². The summed E-state index contributed by atoms with van der Waals surface area (Å²) in [7, 11) is 1.99. The van der Waals surface area contributed by atoms with Gasteiger partial charge in [0.1, 0.15) is 23.3 Å². The van der Waals surface area contributed by atoms with E-state index in [1.807, 2.05) is 13.1 Å². The number of hydrogen-bond acceptors (Lipinski definition) is 4. The smallest absolute Gasteiger partial charge is 0.134 e. The number of nitrogens with zero attached hydrogens (tertiary/aromatic N) is 4. The Morgan fingerprint density at radius 1 is 1.53 bits per heavy atom. The number of nitrogens with two attached hydrogens (primary N) is 1. The minimum atomic E-state index is 0.433. The number of nitrogen functional groups attached to an aromatic ring is 1. The molecule has 0 unspecified atom stereocenters. The zero-order valence-electron chi connectivity index (χ0n) is 11.2. The molecule has 3 rings (SSSR count). The number of fused-ring (bicyclic) bond motifs is 1. The van der Waals surface area contributed by atoms with Gasteiger partial charge >= 0.3 is 0 Å². The van der Waals surface area contributed by atoms with E-state index in [0.717, 1.165) is 23.3 Å². The van der Waals surface area contributed by atoms with Crippen LogP contribution in [0.4, 0.5) is 11.6 Å². The molecule has 1 atom stereocenters. The third-order valence-corrected chi connectivity index (χ3v) is 4.05. The molecule has 0 amide bonds. The normalized spacial score (nSPS) is 19.0. The minimum absolute atomic E-state index is 0.433. The summed E-state index contributed by atoms with van der Waals surface area (Å²) in [6, 6.07) is 4.69. The van der Waals surface area contributed by atoms with E-state index in [2.05, 4.69) is 27.4 Å².